The topological polar surface area (TPSA) is 3.24 Å². The molecule has 0 fully saturated rings. The lowest BCUT2D eigenvalue weighted by atomic mass is 10.1. The number of nitrogens with zero attached hydrogens (tertiary/aromatic N) is 1. The maximum absolute atomic E-state index is 6.21. The highest BCUT2D eigenvalue weighted by Crippen LogP contribution is 2.36. The molecule has 5 rings (SSSR count). The van der Waals surface area contributed by atoms with Crippen molar-refractivity contribution in [3.05, 3.63) is 80.1 Å². The second-order valence-electron chi connectivity index (χ2n) is 7.13. The molecule has 2 aromatic carbocycles. The van der Waals surface area contributed by atoms with E-state index in [1.165, 1.54) is 31.2 Å². The first-order valence-electron chi connectivity index (χ1n) is 9.53. The zero-order chi connectivity index (χ0) is 19.1. The Morgan fingerprint density at radius 1 is 0.821 bits per heavy atom. The Labute approximate surface area is 178 Å². The predicted octanol–water partition coefficient (Wildman–Crippen LogP) is 6.85. The van der Waals surface area contributed by atoms with Gasteiger partial charge in [-0.2, -0.15) is 0 Å². The van der Waals surface area contributed by atoms with Crippen LogP contribution in [-0.2, 0) is 0 Å². The molecule has 1 nitrogen and oxygen atoms in total. The summed E-state index contributed by atoms with van der Waals surface area (Å²) in [5.74, 6) is 0. The van der Waals surface area contributed by atoms with Crippen LogP contribution >= 0.6 is 34.5 Å². The van der Waals surface area contributed by atoms with Crippen LogP contribution in [0.1, 0.15) is 25.7 Å². The SMILES string of the molecule is ClC1=CC=C(N(c2ccc(Cl)cc2)c2ccc3c4c(sc3c2)=CCCC=4)CC1. The van der Waals surface area contributed by atoms with Crippen LogP contribution in [0, 0.1) is 0 Å². The van der Waals surface area contributed by atoms with Crippen molar-refractivity contribution in [1.82, 2.24) is 0 Å². The first kappa shape index (κ1) is 18.1. The lowest BCUT2D eigenvalue weighted by molar-refractivity contribution is 0.907. The van der Waals surface area contributed by atoms with Crippen molar-refractivity contribution in [3.8, 4) is 0 Å². The van der Waals surface area contributed by atoms with Gasteiger partial charge in [0.25, 0.3) is 0 Å². The molecule has 0 bridgehead atoms. The van der Waals surface area contributed by atoms with Crippen LogP contribution in [0.5, 0.6) is 0 Å². The molecule has 0 saturated carbocycles. The highest BCUT2D eigenvalue weighted by Gasteiger charge is 2.18. The Kier molecular flexibility index (Phi) is 4.80. The number of hydrogen-bond acceptors (Lipinski definition) is 2. The summed E-state index contributed by atoms with van der Waals surface area (Å²) in [6, 6.07) is 14.9. The average Bonchev–Trinajstić information content (AvgIpc) is 3.09. The van der Waals surface area contributed by atoms with Gasteiger partial charge in [-0.1, -0.05) is 41.4 Å². The zero-order valence-corrected chi connectivity index (χ0v) is 17.6. The van der Waals surface area contributed by atoms with Crippen molar-refractivity contribution < 1.29 is 0 Å². The predicted molar refractivity (Wildman–Crippen MR) is 124 cm³/mol. The molecule has 0 atom stereocenters. The Balaban J connectivity index is 1.68. The molecule has 1 aromatic heterocycles. The van der Waals surface area contributed by atoms with Crippen LogP contribution in [-0.4, -0.2) is 0 Å². The summed E-state index contributed by atoms with van der Waals surface area (Å²) in [6.45, 7) is 0. The molecule has 28 heavy (non-hydrogen) atoms. The molecule has 0 spiro atoms. The molecule has 0 N–H and O–H groups in total. The van der Waals surface area contributed by atoms with Crippen molar-refractivity contribution in [2.75, 3.05) is 4.90 Å². The van der Waals surface area contributed by atoms with Crippen LogP contribution in [0.25, 0.3) is 22.2 Å². The Morgan fingerprint density at radius 3 is 2.39 bits per heavy atom. The fraction of sp³-hybridized carbons (Fsp3) is 0.167. The van der Waals surface area contributed by atoms with Gasteiger partial charge in [-0.15, -0.1) is 11.3 Å². The number of fused-ring (bicyclic) bond motifs is 3. The number of halogens is 2. The van der Waals surface area contributed by atoms with Crippen molar-refractivity contribution in [2.24, 2.45) is 0 Å². The number of anilines is 2. The van der Waals surface area contributed by atoms with Crippen molar-refractivity contribution in [2.45, 2.75) is 25.7 Å². The third-order valence-corrected chi connectivity index (χ3v) is 7.02. The summed E-state index contributed by atoms with van der Waals surface area (Å²) in [5.41, 5.74) is 3.53. The van der Waals surface area contributed by atoms with E-state index in [-0.39, 0.29) is 0 Å². The van der Waals surface area contributed by atoms with E-state index in [0.717, 1.165) is 41.4 Å². The van der Waals surface area contributed by atoms with Gasteiger partial charge in [0.1, 0.15) is 0 Å². The zero-order valence-electron chi connectivity index (χ0n) is 15.3. The van der Waals surface area contributed by atoms with E-state index in [1.807, 2.05) is 29.5 Å². The molecule has 0 radical (unpaired) electrons. The largest absolute Gasteiger partial charge is 0.314 e. The maximum Gasteiger partial charge on any atom is 0.0472 e. The summed E-state index contributed by atoms with van der Waals surface area (Å²) < 4.78 is 2.74. The molecule has 1 heterocycles. The quantitative estimate of drug-likeness (QED) is 0.445. The fourth-order valence-electron chi connectivity index (χ4n) is 3.93. The van der Waals surface area contributed by atoms with Gasteiger partial charge in [0, 0.05) is 41.7 Å². The van der Waals surface area contributed by atoms with Gasteiger partial charge < -0.3 is 4.90 Å². The average molecular weight is 424 g/mol. The number of hydrogen-bond donors (Lipinski definition) is 0. The Hall–Kier alpha value is -2.00. The molecule has 2 aliphatic carbocycles. The van der Waals surface area contributed by atoms with Crippen LogP contribution in [0.15, 0.2) is 65.3 Å². The number of thiophene rings is 1. The van der Waals surface area contributed by atoms with Crippen molar-refractivity contribution >= 4 is 68.2 Å². The molecule has 2 aliphatic rings. The van der Waals surface area contributed by atoms with Crippen molar-refractivity contribution in [1.29, 1.82) is 0 Å². The fourth-order valence-corrected chi connectivity index (χ4v) is 5.42. The van der Waals surface area contributed by atoms with E-state index in [2.05, 4.69) is 53.5 Å². The summed E-state index contributed by atoms with van der Waals surface area (Å²) in [6.07, 6.45) is 13.0. The van der Waals surface area contributed by atoms with Gasteiger partial charge in [0.15, 0.2) is 0 Å². The first-order valence-corrected chi connectivity index (χ1v) is 11.1. The molecule has 0 unspecified atom stereocenters. The second-order valence-corrected chi connectivity index (χ2v) is 9.14. The molecule has 0 amide bonds. The number of allylic oxidation sites excluding steroid dienone is 4. The molecule has 4 heteroatoms. The standard InChI is InChI=1S/C24H19Cl2NS/c25-16-5-9-18(10-6-16)27(19-11-7-17(26)8-12-19)20-13-14-22-21-3-1-2-4-23(21)28-24(22)15-20/h3-7,9-11,13-15H,1-2,8,12H2. The lowest BCUT2D eigenvalue weighted by Crippen LogP contribution is -2.20. The minimum absolute atomic E-state index is 0.747. The molecule has 0 saturated heterocycles. The Morgan fingerprint density at radius 2 is 1.61 bits per heavy atom. The molecular formula is C24H19Cl2NS. The third-order valence-electron chi connectivity index (χ3n) is 5.29. The monoisotopic (exact) mass is 423 g/mol. The summed E-state index contributed by atoms with van der Waals surface area (Å²) in [7, 11) is 0. The Bertz CT molecular complexity index is 1230. The van der Waals surface area contributed by atoms with E-state index >= 15 is 0 Å². The number of rotatable bonds is 3. The van der Waals surface area contributed by atoms with Gasteiger partial charge in [0.05, 0.1) is 0 Å². The van der Waals surface area contributed by atoms with Crippen LogP contribution < -0.4 is 14.7 Å². The summed E-state index contributed by atoms with van der Waals surface area (Å²) in [4.78, 5) is 2.32. The minimum Gasteiger partial charge on any atom is -0.314 e. The summed E-state index contributed by atoms with van der Waals surface area (Å²) >= 11 is 14.2. The molecule has 140 valence electrons. The second kappa shape index (κ2) is 7.44. The summed E-state index contributed by atoms with van der Waals surface area (Å²) in [5, 5.41) is 4.42. The van der Waals surface area contributed by atoms with Crippen LogP contribution in [0.4, 0.5) is 11.4 Å². The molecule has 3 aromatic rings. The van der Waals surface area contributed by atoms with Crippen LogP contribution in [0.2, 0.25) is 5.02 Å². The van der Waals surface area contributed by atoms with E-state index in [0.29, 0.717) is 0 Å². The normalized spacial score (nSPS) is 15.9. The first-order chi connectivity index (χ1) is 13.7. The smallest absolute Gasteiger partial charge is 0.0472 e. The number of benzene rings is 2. The van der Waals surface area contributed by atoms with E-state index in [4.69, 9.17) is 23.2 Å². The van der Waals surface area contributed by atoms with Gasteiger partial charge in [-0.05, 0) is 79.5 Å². The van der Waals surface area contributed by atoms with E-state index < -0.39 is 0 Å². The highest BCUT2D eigenvalue weighted by molar-refractivity contribution is 7.17. The van der Waals surface area contributed by atoms with Gasteiger partial charge >= 0.3 is 0 Å². The van der Waals surface area contributed by atoms with Gasteiger partial charge in [0.2, 0.25) is 0 Å². The van der Waals surface area contributed by atoms with Gasteiger partial charge in [-0.25, -0.2) is 0 Å². The maximum atomic E-state index is 6.21. The van der Waals surface area contributed by atoms with Gasteiger partial charge in [-0.3, -0.25) is 0 Å². The van der Waals surface area contributed by atoms with E-state index in [9.17, 15) is 0 Å². The minimum atomic E-state index is 0.747. The van der Waals surface area contributed by atoms with E-state index in [1.54, 1.807) is 0 Å². The highest BCUT2D eigenvalue weighted by atomic mass is 35.5. The third kappa shape index (κ3) is 3.30. The molecular weight excluding hydrogens is 405 g/mol. The molecule has 0 aliphatic heterocycles. The lowest BCUT2D eigenvalue weighted by Gasteiger charge is -2.29. The van der Waals surface area contributed by atoms with Crippen LogP contribution in [0.3, 0.4) is 0 Å². The van der Waals surface area contributed by atoms with Crippen molar-refractivity contribution in [3.63, 3.8) is 0 Å².